The molecule has 0 radical (unpaired) electrons. The van der Waals surface area contributed by atoms with Crippen LogP contribution < -0.4 is 0 Å². The van der Waals surface area contributed by atoms with Gasteiger partial charge in [-0.05, 0) is 18.6 Å². The zero-order valence-corrected chi connectivity index (χ0v) is 9.72. The molecule has 1 aromatic rings. The van der Waals surface area contributed by atoms with Crippen molar-refractivity contribution in [2.75, 3.05) is 0 Å². The highest BCUT2D eigenvalue weighted by atomic mass is 79.9. The Balaban J connectivity index is 3.04. The fraction of sp³-hybridized carbons (Fsp3) is 0.222. The largest absolute Gasteiger partial charge is 0.295 e. The Labute approximate surface area is 88.4 Å². The minimum atomic E-state index is 0.0949. The molecule has 1 nitrogen and oxygen atoms in total. The lowest BCUT2D eigenvalue weighted by Crippen LogP contribution is -1.92. The zero-order chi connectivity index (χ0) is 9.14. The van der Waals surface area contributed by atoms with E-state index in [9.17, 15) is 4.79 Å². The predicted octanol–water partition coefficient (Wildman–Crippen LogP) is 3.68. The molecular weight excluding hydrogens is 284 g/mol. The molecule has 0 unspecified atom stereocenters. The number of carbonyl (C=O) groups excluding carboxylic acids is 1. The Morgan fingerprint density at radius 3 is 2.58 bits per heavy atom. The van der Waals surface area contributed by atoms with Gasteiger partial charge in [0.05, 0.1) is 3.74 Å². The van der Waals surface area contributed by atoms with Crippen molar-refractivity contribution in [3.8, 4) is 0 Å². The van der Waals surface area contributed by atoms with Crippen LogP contribution in [0.4, 0.5) is 0 Å². The molecule has 0 saturated carbocycles. The Morgan fingerprint density at radius 2 is 2.08 bits per heavy atom. The van der Waals surface area contributed by atoms with Crippen LogP contribution in [0, 0.1) is 0 Å². The van der Waals surface area contributed by atoms with Gasteiger partial charge in [0.1, 0.15) is 0 Å². The smallest absolute Gasteiger partial charge is 0.159 e. The summed E-state index contributed by atoms with van der Waals surface area (Å²) in [5.74, 6) is 0.0949. The first kappa shape index (κ1) is 9.93. The van der Waals surface area contributed by atoms with Gasteiger partial charge in [-0.2, -0.15) is 0 Å². The average Bonchev–Trinajstić information content (AvgIpc) is 2.04. The van der Waals surface area contributed by atoms with Crippen molar-refractivity contribution in [3.63, 3.8) is 0 Å². The van der Waals surface area contributed by atoms with Gasteiger partial charge in [-0.15, -0.1) is 0 Å². The summed E-state index contributed by atoms with van der Waals surface area (Å²) in [7, 11) is 0. The monoisotopic (exact) mass is 290 g/mol. The van der Waals surface area contributed by atoms with E-state index >= 15 is 0 Å². The molecule has 0 fully saturated rings. The summed E-state index contributed by atoms with van der Waals surface area (Å²) in [5, 5.41) is 0. The zero-order valence-electron chi connectivity index (χ0n) is 6.55. The van der Waals surface area contributed by atoms with E-state index in [-0.39, 0.29) is 9.52 Å². The van der Waals surface area contributed by atoms with E-state index in [1.807, 2.05) is 24.3 Å². The molecule has 0 aliphatic heterocycles. The molecule has 0 aliphatic carbocycles. The lowest BCUT2D eigenvalue weighted by Gasteiger charge is -2.02. The van der Waals surface area contributed by atoms with Crippen molar-refractivity contribution in [1.82, 2.24) is 0 Å². The Hall–Kier alpha value is -0.150. The standard InChI is InChI=1S/C9H8Br2O/c1-6(12)7-3-2-4-8(5-7)9(10)11/h2-5,9H,1H3. The van der Waals surface area contributed by atoms with Gasteiger partial charge in [0.2, 0.25) is 0 Å². The van der Waals surface area contributed by atoms with E-state index in [4.69, 9.17) is 0 Å². The molecule has 0 heterocycles. The minimum Gasteiger partial charge on any atom is -0.295 e. The van der Waals surface area contributed by atoms with Crippen molar-refractivity contribution in [1.29, 1.82) is 0 Å². The highest BCUT2D eigenvalue weighted by Gasteiger charge is 2.04. The summed E-state index contributed by atoms with van der Waals surface area (Å²) in [6.07, 6.45) is 0. The highest BCUT2D eigenvalue weighted by Crippen LogP contribution is 2.29. The second-order valence-corrected chi connectivity index (χ2v) is 5.54. The molecule has 0 aromatic heterocycles. The van der Waals surface area contributed by atoms with Crippen LogP contribution >= 0.6 is 31.9 Å². The van der Waals surface area contributed by atoms with E-state index in [1.165, 1.54) is 0 Å². The molecule has 0 amide bonds. The molecule has 64 valence electrons. The number of carbonyl (C=O) groups is 1. The van der Waals surface area contributed by atoms with Crippen LogP contribution in [-0.2, 0) is 0 Å². The predicted molar refractivity (Wildman–Crippen MR) is 57.0 cm³/mol. The van der Waals surface area contributed by atoms with Crippen LogP contribution in [0.25, 0.3) is 0 Å². The summed E-state index contributed by atoms with van der Waals surface area (Å²) in [4.78, 5) is 11.0. The lowest BCUT2D eigenvalue weighted by molar-refractivity contribution is 0.101. The van der Waals surface area contributed by atoms with Crippen LogP contribution in [0.15, 0.2) is 24.3 Å². The molecule has 0 aliphatic rings. The lowest BCUT2D eigenvalue weighted by atomic mass is 10.1. The molecule has 1 rings (SSSR count). The number of benzene rings is 1. The maximum atomic E-state index is 11.0. The quantitative estimate of drug-likeness (QED) is 0.600. The van der Waals surface area contributed by atoms with Crippen molar-refractivity contribution in [3.05, 3.63) is 35.4 Å². The summed E-state index contributed by atoms with van der Waals surface area (Å²) >= 11 is 6.74. The molecule has 0 atom stereocenters. The third-order valence-electron chi connectivity index (χ3n) is 1.55. The first-order valence-corrected chi connectivity index (χ1v) is 5.33. The average molecular weight is 292 g/mol. The van der Waals surface area contributed by atoms with Gasteiger partial charge in [-0.3, -0.25) is 4.79 Å². The summed E-state index contributed by atoms with van der Waals surface area (Å²) in [5.41, 5.74) is 1.80. The van der Waals surface area contributed by atoms with Gasteiger partial charge in [0.25, 0.3) is 0 Å². The van der Waals surface area contributed by atoms with Crippen molar-refractivity contribution in [2.45, 2.75) is 10.7 Å². The van der Waals surface area contributed by atoms with Crippen molar-refractivity contribution in [2.24, 2.45) is 0 Å². The molecule has 0 spiro atoms. The first-order valence-electron chi connectivity index (χ1n) is 3.50. The molecule has 0 saturated heterocycles. The summed E-state index contributed by atoms with van der Waals surface area (Å²) < 4.78 is 0.115. The normalized spacial score (nSPS) is 10.3. The van der Waals surface area contributed by atoms with Crippen LogP contribution in [0.3, 0.4) is 0 Å². The van der Waals surface area contributed by atoms with Gasteiger partial charge >= 0.3 is 0 Å². The minimum absolute atomic E-state index is 0.0949. The van der Waals surface area contributed by atoms with E-state index in [2.05, 4.69) is 31.9 Å². The third-order valence-corrected chi connectivity index (χ3v) is 2.60. The van der Waals surface area contributed by atoms with Crippen LogP contribution in [0.1, 0.15) is 26.6 Å². The number of hydrogen-bond donors (Lipinski definition) is 0. The maximum Gasteiger partial charge on any atom is 0.159 e. The van der Waals surface area contributed by atoms with Crippen molar-refractivity contribution < 1.29 is 4.79 Å². The van der Waals surface area contributed by atoms with Crippen molar-refractivity contribution >= 4 is 37.6 Å². The number of hydrogen-bond acceptors (Lipinski definition) is 1. The van der Waals surface area contributed by atoms with Gasteiger partial charge in [-0.1, -0.05) is 50.1 Å². The van der Waals surface area contributed by atoms with Crippen LogP contribution in [0.2, 0.25) is 0 Å². The third kappa shape index (κ3) is 2.42. The summed E-state index contributed by atoms with van der Waals surface area (Å²) in [6.45, 7) is 1.57. The molecular formula is C9H8Br2O. The van der Waals surface area contributed by atoms with Gasteiger partial charge in [0, 0.05) is 5.56 Å². The fourth-order valence-corrected chi connectivity index (χ4v) is 1.46. The number of halogens is 2. The molecule has 1 aromatic carbocycles. The molecule has 0 bridgehead atoms. The molecule has 0 N–H and O–H groups in total. The summed E-state index contributed by atoms with van der Waals surface area (Å²) in [6, 6.07) is 7.52. The maximum absolute atomic E-state index is 11.0. The topological polar surface area (TPSA) is 17.1 Å². The van der Waals surface area contributed by atoms with E-state index in [0.29, 0.717) is 0 Å². The SMILES string of the molecule is CC(=O)c1cccc(C(Br)Br)c1. The Morgan fingerprint density at radius 1 is 1.42 bits per heavy atom. The van der Waals surface area contributed by atoms with E-state index < -0.39 is 0 Å². The van der Waals surface area contributed by atoms with Gasteiger partial charge in [0.15, 0.2) is 5.78 Å². The number of ketones is 1. The highest BCUT2D eigenvalue weighted by molar-refractivity contribution is 9.24. The van der Waals surface area contributed by atoms with Crippen LogP contribution in [0.5, 0.6) is 0 Å². The Bertz CT molecular complexity index is 294. The fourth-order valence-electron chi connectivity index (χ4n) is 0.893. The first-order chi connectivity index (χ1) is 5.61. The van der Waals surface area contributed by atoms with Gasteiger partial charge < -0.3 is 0 Å². The number of Topliss-reactive ketones (excluding diaryl/α,β-unsaturated/α-hetero) is 1. The molecule has 3 heteroatoms. The van der Waals surface area contributed by atoms with Crippen LogP contribution in [-0.4, -0.2) is 5.78 Å². The Kier molecular flexibility index (Phi) is 3.47. The van der Waals surface area contributed by atoms with E-state index in [1.54, 1.807) is 6.92 Å². The number of rotatable bonds is 2. The second kappa shape index (κ2) is 4.19. The van der Waals surface area contributed by atoms with E-state index in [0.717, 1.165) is 11.1 Å². The number of alkyl halides is 2. The second-order valence-electron chi connectivity index (χ2n) is 2.48. The molecule has 12 heavy (non-hydrogen) atoms. The van der Waals surface area contributed by atoms with Gasteiger partial charge in [-0.25, -0.2) is 0 Å².